The summed E-state index contributed by atoms with van der Waals surface area (Å²) in [5.74, 6) is -2.33. The molecule has 0 aromatic carbocycles. The van der Waals surface area contributed by atoms with Crippen LogP contribution in [0.2, 0.25) is 0 Å². The molecule has 4 N–H and O–H groups in total. The van der Waals surface area contributed by atoms with Gasteiger partial charge in [0.25, 0.3) is 0 Å². The van der Waals surface area contributed by atoms with Gasteiger partial charge < -0.3 is 15.7 Å². The minimum atomic E-state index is -1.30. The van der Waals surface area contributed by atoms with Crippen LogP contribution in [0.3, 0.4) is 0 Å². The average Bonchev–Trinajstić information content (AvgIpc) is 1.96. The summed E-state index contributed by atoms with van der Waals surface area (Å²) < 4.78 is 0. The van der Waals surface area contributed by atoms with Crippen molar-refractivity contribution < 1.29 is 24.3 Å². The van der Waals surface area contributed by atoms with Crippen LogP contribution in [0.5, 0.6) is 0 Å². The van der Waals surface area contributed by atoms with Crippen LogP contribution in [0.15, 0.2) is 12.2 Å². The summed E-state index contributed by atoms with van der Waals surface area (Å²) in [5, 5.41) is 8.03. The van der Waals surface area contributed by atoms with Crippen LogP contribution in [0.25, 0.3) is 0 Å². The van der Waals surface area contributed by atoms with Gasteiger partial charge in [0.1, 0.15) is 0 Å². The number of nitrogens with one attached hydrogen (secondary N) is 1. The van der Waals surface area contributed by atoms with Crippen LogP contribution in [0, 0.1) is 0 Å². The number of amides is 2. The molecular weight excluding hydrogens is 168 g/mol. The molecule has 7 heteroatoms. The maximum absolute atomic E-state index is 10.4. The summed E-state index contributed by atoms with van der Waals surface area (Å²) in [6.07, 6.45) is 1.18. The molecule has 2 amide bonds. The van der Waals surface area contributed by atoms with E-state index in [1.54, 1.807) is 0 Å². The summed E-state index contributed by atoms with van der Waals surface area (Å²) in [4.78, 5) is 34.1. The second-order valence-electron chi connectivity index (χ2n) is 1.56. The monoisotopic (exact) mass is 174 g/mol. The molecule has 7 nitrogen and oxygen atoms in total. The van der Waals surface area contributed by atoms with Crippen molar-refractivity contribution in [1.29, 1.82) is 0 Å². The lowest BCUT2D eigenvalue weighted by atomic mass is 10.5. The first kappa shape index (κ1) is 9.95. The summed E-state index contributed by atoms with van der Waals surface area (Å²) in [6.45, 7) is 0. The van der Waals surface area contributed by atoms with Gasteiger partial charge in [-0.05, 0) is 0 Å². The molecule has 66 valence electrons. The normalized spacial score (nSPS) is 9.33. The largest absolute Gasteiger partial charge is 0.478 e. The fourth-order valence-corrected chi connectivity index (χ4v) is 0.274. The van der Waals surface area contributed by atoms with E-state index in [-0.39, 0.29) is 0 Å². The Morgan fingerprint density at radius 1 is 1.33 bits per heavy atom. The third-order valence-corrected chi connectivity index (χ3v) is 0.614. The predicted molar refractivity (Wildman–Crippen MR) is 35.6 cm³/mol. The summed E-state index contributed by atoms with van der Waals surface area (Å²) in [6, 6.07) is -1.05. The first-order valence-electron chi connectivity index (χ1n) is 2.69. The topological polar surface area (TPSA) is 119 Å². The second kappa shape index (κ2) is 4.72. The Labute approximate surface area is 66.7 Å². The number of urea groups is 1. The van der Waals surface area contributed by atoms with Crippen LogP contribution < -0.4 is 11.2 Å². The molecule has 0 aliphatic rings. The maximum Gasteiger partial charge on any atom is 0.356 e. The molecule has 0 heterocycles. The number of nitrogens with two attached hydrogens (primary N) is 1. The van der Waals surface area contributed by atoms with E-state index < -0.39 is 18.0 Å². The highest BCUT2D eigenvalue weighted by Crippen LogP contribution is 1.77. The molecule has 0 bridgehead atoms. The van der Waals surface area contributed by atoms with Gasteiger partial charge in [-0.1, -0.05) is 0 Å². The van der Waals surface area contributed by atoms with E-state index in [4.69, 9.17) is 5.11 Å². The Kier molecular flexibility index (Phi) is 3.91. The Hall–Kier alpha value is -2.05. The van der Waals surface area contributed by atoms with E-state index in [1.165, 1.54) is 5.48 Å². The number of primary amides is 1. The highest BCUT2D eigenvalue weighted by molar-refractivity contribution is 5.91. The van der Waals surface area contributed by atoms with Crippen LogP contribution in [0.1, 0.15) is 0 Å². The van der Waals surface area contributed by atoms with E-state index in [2.05, 4.69) is 10.6 Å². The van der Waals surface area contributed by atoms with E-state index in [0.29, 0.717) is 12.2 Å². The van der Waals surface area contributed by atoms with Crippen LogP contribution in [-0.2, 0) is 14.4 Å². The summed E-state index contributed by atoms with van der Waals surface area (Å²) >= 11 is 0. The van der Waals surface area contributed by atoms with Gasteiger partial charge >= 0.3 is 18.0 Å². The molecule has 0 aliphatic heterocycles. The molecular formula is C5H6N2O5. The lowest BCUT2D eigenvalue weighted by Gasteiger charge is -1.97. The van der Waals surface area contributed by atoms with Gasteiger partial charge in [0, 0.05) is 12.2 Å². The van der Waals surface area contributed by atoms with Crippen molar-refractivity contribution in [2.24, 2.45) is 5.73 Å². The zero-order valence-electron chi connectivity index (χ0n) is 5.81. The molecule has 0 rings (SSSR count). The van der Waals surface area contributed by atoms with Gasteiger partial charge in [0.05, 0.1) is 0 Å². The van der Waals surface area contributed by atoms with E-state index in [0.717, 1.165) is 0 Å². The van der Waals surface area contributed by atoms with E-state index >= 15 is 0 Å². The van der Waals surface area contributed by atoms with Crippen molar-refractivity contribution in [3.05, 3.63) is 12.2 Å². The average molecular weight is 174 g/mol. The SMILES string of the molecule is NC(=O)NOC(=O)C=CC(=O)O. The molecule has 0 fully saturated rings. The highest BCUT2D eigenvalue weighted by atomic mass is 16.7. The Balaban J connectivity index is 3.75. The molecule has 0 aliphatic carbocycles. The van der Waals surface area contributed by atoms with Crippen LogP contribution >= 0.6 is 0 Å². The van der Waals surface area contributed by atoms with Crippen molar-refractivity contribution in [2.75, 3.05) is 0 Å². The molecule has 12 heavy (non-hydrogen) atoms. The molecule has 0 aromatic heterocycles. The summed E-state index contributed by atoms with van der Waals surface area (Å²) in [5.41, 5.74) is 6.04. The molecule has 0 aromatic rings. The third kappa shape index (κ3) is 6.08. The number of hydrogen-bond donors (Lipinski definition) is 3. The predicted octanol–water partition coefficient (Wildman–Crippen LogP) is -1.25. The fraction of sp³-hybridized carbons (Fsp3) is 0. The molecule has 0 atom stereocenters. The Morgan fingerprint density at radius 3 is 2.33 bits per heavy atom. The van der Waals surface area contributed by atoms with Crippen molar-refractivity contribution in [3.63, 3.8) is 0 Å². The molecule has 0 saturated carbocycles. The van der Waals surface area contributed by atoms with Crippen molar-refractivity contribution in [1.82, 2.24) is 5.48 Å². The zero-order chi connectivity index (χ0) is 9.56. The number of carbonyl (C=O) groups excluding carboxylic acids is 2. The number of carboxylic acid groups (broad SMARTS) is 1. The standard InChI is InChI=1S/C5H6N2O5/c6-5(11)7-12-4(10)2-1-3(8)9/h1-2H,(H,8,9)(H3,6,7,11). The van der Waals surface area contributed by atoms with Crippen molar-refractivity contribution >= 4 is 18.0 Å². The summed E-state index contributed by atoms with van der Waals surface area (Å²) in [7, 11) is 0. The minimum Gasteiger partial charge on any atom is -0.478 e. The second-order valence-corrected chi connectivity index (χ2v) is 1.56. The smallest absolute Gasteiger partial charge is 0.356 e. The van der Waals surface area contributed by atoms with E-state index in [1.807, 2.05) is 0 Å². The first-order chi connectivity index (χ1) is 5.52. The molecule has 0 radical (unpaired) electrons. The number of hydrogen-bond acceptors (Lipinski definition) is 4. The fourth-order valence-electron chi connectivity index (χ4n) is 0.274. The van der Waals surface area contributed by atoms with Gasteiger partial charge in [-0.25, -0.2) is 14.4 Å². The van der Waals surface area contributed by atoms with Crippen LogP contribution in [0.4, 0.5) is 4.79 Å². The quantitative estimate of drug-likeness (QED) is 0.357. The number of aliphatic carboxylic acids is 1. The van der Waals surface area contributed by atoms with Gasteiger partial charge in [0.2, 0.25) is 0 Å². The Bertz CT molecular complexity index is 234. The third-order valence-electron chi connectivity index (χ3n) is 0.614. The van der Waals surface area contributed by atoms with E-state index in [9.17, 15) is 14.4 Å². The highest BCUT2D eigenvalue weighted by Gasteiger charge is 1.99. The van der Waals surface area contributed by atoms with Crippen LogP contribution in [-0.4, -0.2) is 23.1 Å². The van der Waals surface area contributed by atoms with Crippen molar-refractivity contribution in [2.45, 2.75) is 0 Å². The number of hydroxylamine groups is 1. The lowest BCUT2D eigenvalue weighted by Crippen LogP contribution is -2.31. The Morgan fingerprint density at radius 2 is 1.92 bits per heavy atom. The number of rotatable bonds is 2. The van der Waals surface area contributed by atoms with Gasteiger partial charge in [-0.3, -0.25) is 0 Å². The van der Waals surface area contributed by atoms with Gasteiger partial charge in [0.15, 0.2) is 0 Å². The maximum atomic E-state index is 10.4. The number of carboxylic acids is 1. The first-order valence-corrected chi connectivity index (χ1v) is 2.69. The van der Waals surface area contributed by atoms with Gasteiger partial charge in [-0.15, -0.1) is 0 Å². The minimum absolute atomic E-state index is 0.561. The molecule has 0 saturated heterocycles. The molecule has 0 spiro atoms. The van der Waals surface area contributed by atoms with Gasteiger partial charge in [-0.2, -0.15) is 5.48 Å². The van der Waals surface area contributed by atoms with Crippen molar-refractivity contribution in [3.8, 4) is 0 Å². The number of carbonyl (C=O) groups is 3. The zero-order valence-corrected chi connectivity index (χ0v) is 5.81. The lowest BCUT2D eigenvalue weighted by molar-refractivity contribution is -0.143. The molecule has 0 unspecified atom stereocenters.